The molecular formula is C19H22F6O5. The van der Waals surface area contributed by atoms with E-state index in [1.54, 1.807) is 20.8 Å². The van der Waals surface area contributed by atoms with E-state index in [0.717, 1.165) is 0 Å². The van der Waals surface area contributed by atoms with Crippen LogP contribution in [0, 0.1) is 35.0 Å². The van der Waals surface area contributed by atoms with Gasteiger partial charge in [-0.2, -0.15) is 26.3 Å². The zero-order valence-electron chi connectivity index (χ0n) is 16.5. The van der Waals surface area contributed by atoms with Gasteiger partial charge in [-0.15, -0.1) is 0 Å². The molecule has 11 heteroatoms. The van der Waals surface area contributed by atoms with Gasteiger partial charge in [-0.05, 0) is 26.7 Å². The SMILES string of the molecule is CCC(C)(C)C(=O)OC1C2CC3C1OC(=O)C3C2C(=O)CC(C(F)(F)F)C(F)(F)F. The van der Waals surface area contributed by atoms with Gasteiger partial charge in [0.05, 0.1) is 11.3 Å². The van der Waals surface area contributed by atoms with E-state index in [1.807, 2.05) is 0 Å². The quantitative estimate of drug-likeness (QED) is 0.460. The lowest BCUT2D eigenvalue weighted by molar-refractivity contribution is -0.284. The summed E-state index contributed by atoms with van der Waals surface area (Å²) >= 11 is 0. The van der Waals surface area contributed by atoms with Gasteiger partial charge in [-0.25, -0.2) is 0 Å². The Bertz CT molecular complexity index is 729. The molecule has 3 fully saturated rings. The van der Waals surface area contributed by atoms with Crippen LogP contribution in [0.5, 0.6) is 0 Å². The molecule has 0 radical (unpaired) electrons. The van der Waals surface area contributed by atoms with Crippen LogP contribution in [0.3, 0.4) is 0 Å². The van der Waals surface area contributed by atoms with Crippen molar-refractivity contribution in [3.8, 4) is 0 Å². The summed E-state index contributed by atoms with van der Waals surface area (Å²) in [7, 11) is 0. The molecule has 1 aliphatic heterocycles. The first kappa shape index (κ1) is 22.9. The number of ether oxygens (including phenoxy) is 2. The Labute approximate surface area is 168 Å². The maximum atomic E-state index is 12.9. The van der Waals surface area contributed by atoms with E-state index >= 15 is 0 Å². The van der Waals surface area contributed by atoms with Gasteiger partial charge in [-0.1, -0.05) is 6.92 Å². The standard InChI is InChI=1S/C19H22F6O5/c1-4-17(2,3)16(28)30-14-7-5-8-12(15(27)29-13(8)14)11(7)9(26)6-10(18(20,21)22)19(23,24)25/h7-8,10-14H,4-6H2,1-3H3. The second-order valence-corrected chi connectivity index (χ2v) is 8.93. The Balaban J connectivity index is 1.84. The number of ketones is 1. The number of fused-ring (bicyclic) bond motifs is 1. The van der Waals surface area contributed by atoms with Gasteiger partial charge < -0.3 is 9.47 Å². The summed E-state index contributed by atoms with van der Waals surface area (Å²) in [5.41, 5.74) is -0.888. The van der Waals surface area contributed by atoms with Crippen LogP contribution >= 0.6 is 0 Å². The molecule has 1 heterocycles. The average molecular weight is 444 g/mol. The van der Waals surface area contributed by atoms with Crippen LogP contribution in [-0.2, 0) is 23.9 Å². The number of carbonyl (C=O) groups is 3. The van der Waals surface area contributed by atoms with Crippen LogP contribution in [0.4, 0.5) is 26.3 Å². The molecule has 0 N–H and O–H groups in total. The van der Waals surface area contributed by atoms with Crippen LogP contribution < -0.4 is 0 Å². The molecule has 2 saturated carbocycles. The smallest absolute Gasteiger partial charge is 0.400 e. The number of hydrogen-bond donors (Lipinski definition) is 0. The van der Waals surface area contributed by atoms with Gasteiger partial charge in [0.2, 0.25) is 0 Å². The van der Waals surface area contributed by atoms with E-state index in [4.69, 9.17) is 9.47 Å². The van der Waals surface area contributed by atoms with E-state index < -0.39 is 83.7 Å². The number of hydrogen-bond acceptors (Lipinski definition) is 5. The number of carbonyl (C=O) groups excluding carboxylic acids is 3. The van der Waals surface area contributed by atoms with E-state index in [9.17, 15) is 40.7 Å². The zero-order valence-corrected chi connectivity index (χ0v) is 16.5. The number of Topliss-reactive ketones (excluding diaryl/α,β-unsaturated/α-hetero) is 1. The van der Waals surface area contributed by atoms with E-state index in [1.165, 1.54) is 0 Å². The van der Waals surface area contributed by atoms with Crippen molar-refractivity contribution >= 4 is 17.7 Å². The van der Waals surface area contributed by atoms with Crippen molar-refractivity contribution in [3.05, 3.63) is 0 Å². The van der Waals surface area contributed by atoms with Crippen LogP contribution in [0.15, 0.2) is 0 Å². The molecule has 0 aromatic rings. The third-order valence-electron chi connectivity index (χ3n) is 6.79. The van der Waals surface area contributed by atoms with Crippen molar-refractivity contribution in [3.63, 3.8) is 0 Å². The van der Waals surface area contributed by atoms with Gasteiger partial charge in [0.15, 0.2) is 5.92 Å². The van der Waals surface area contributed by atoms with Gasteiger partial charge in [0.25, 0.3) is 0 Å². The fourth-order valence-corrected chi connectivity index (χ4v) is 4.77. The topological polar surface area (TPSA) is 69.7 Å². The molecule has 30 heavy (non-hydrogen) atoms. The van der Waals surface area contributed by atoms with Crippen molar-refractivity contribution in [2.45, 2.75) is 64.6 Å². The zero-order chi connectivity index (χ0) is 22.8. The first-order chi connectivity index (χ1) is 13.6. The van der Waals surface area contributed by atoms with Gasteiger partial charge in [0.1, 0.15) is 18.0 Å². The predicted molar refractivity (Wildman–Crippen MR) is 87.6 cm³/mol. The first-order valence-electron chi connectivity index (χ1n) is 9.67. The van der Waals surface area contributed by atoms with Gasteiger partial charge >= 0.3 is 24.3 Å². The molecule has 0 aromatic heterocycles. The van der Waals surface area contributed by atoms with Crippen LogP contribution in [-0.4, -0.2) is 42.3 Å². The molecule has 3 rings (SSSR count). The van der Waals surface area contributed by atoms with Crippen molar-refractivity contribution in [2.75, 3.05) is 0 Å². The maximum Gasteiger partial charge on any atom is 0.400 e. The third kappa shape index (κ3) is 3.68. The molecule has 2 bridgehead atoms. The normalized spacial score (nSPS) is 33.2. The Morgan fingerprint density at radius 1 is 1.10 bits per heavy atom. The van der Waals surface area contributed by atoms with Crippen LogP contribution in [0.25, 0.3) is 0 Å². The molecule has 2 aliphatic carbocycles. The lowest BCUT2D eigenvalue weighted by Gasteiger charge is -2.33. The highest BCUT2D eigenvalue weighted by Crippen LogP contribution is 2.60. The molecule has 6 unspecified atom stereocenters. The van der Waals surface area contributed by atoms with E-state index in [-0.39, 0.29) is 6.42 Å². The summed E-state index contributed by atoms with van der Waals surface area (Å²) < 4.78 is 88.1. The Morgan fingerprint density at radius 2 is 1.67 bits per heavy atom. The highest BCUT2D eigenvalue weighted by Gasteiger charge is 2.70. The summed E-state index contributed by atoms with van der Waals surface area (Å²) in [5.74, 6) is -10.5. The summed E-state index contributed by atoms with van der Waals surface area (Å²) in [5, 5.41) is 0. The Kier molecular flexibility index (Phi) is 5.42. The molecule has 0 amide bonds. The second kappa shape index (κ2) is 7.12. The minimum Gasteiger partial charge on any atom is -0.458 e. The van der Waals surface area contributed by atoms with Gasteiger partial charge in [-0.3, -0.25) is 14.4 Å². The second-order valence-electron chi connectivity index (χ2n) is 8.93. The number of halogens is 6. The Morgan fingerprint density at radius 3 is 2.17 bits per heavy atom. The summed E-state index contributed by atoms with van der Waals surface area (Å²) in [4.78, 5) is 37.3. The fourth-order valence-electron chi connectivity index (χ4n) is 4.77. The summed E-state index contributed by atoms with van der Waals surface area (Å²) in [6.45, 7) is 4.98. The monoisotopic (exact) mass is 444 g/mol. The first-order valence-corrected chi connectivity index (χ1v) is 9.67. The minimum atomic E-state index is -5.65. The summed E-state index contributed by atoms with van der Waals surface area (Å²) in [6.07, 6.45) is -14.4. The van der Waals surface area contributed by atoms with Crippen molar-refractivity contribution in [2.24, 2.45) is 35.0 Å². The largest absolute Gasteiger partial charge is 0.458 e. The molecule has 3 aliphatic rings. The lowest BCUT2D eigenvalue weighted by Crippen LogP contribution is -2.46. The molecule has 0 aromatic carbocycles. The molecule has 1 saturated heterocycles. The highest BCUT2D eigenvalue weighted by molar-refractivity contribution is 5.90. The molecule has 0 spiro atoms. The molecule has 5 nitrogen and oxygen atoms in total. The molecular weight excluding hydrogens is 422 g/mol. The third-order valence-corrected chi connectivity index (χ3v) is 6.79. The van der Waals surface area contributed by atoms with Crippen LogP contribution in [0.2, 0.25) is 0 Å². The fraction of sp³-hybridized carbons (Fsp3) is 0.842. The lowest BCUT2D eigenvalue weighted by atomic mass is 9.74. The Hall–Kier alpha value is -1.81. The number of esters is 2. The molecule has 170 valence electrons. The summed E-state index contributed by atoms with van der Waals surface area (Å²) in [6, 6.07) is 0. The van der Waals surface area contributed by atoms with Gasteiger partial charge in [0, 0.05) is 24.2 Å². The van der Waals surface area contributed by atoms with Crippen molar-refractivity contribution in [1.82, 2.24) is 0 Å². The maximum absolute atomic E-state index is 12.9. The number of rotatable bonds is 6. The van der Waals surface area contributed by atoms with E-state index in [2.05, 4.69) is 0 Å². The van der Waals surface area contributed by atoms with Crippen molar-refractivity contribution < 1.29 is 50.2 Å². The van der Waals surface area contributed by atoms with Crippen molar-refractivity contribution in [1.29, 1.82) is 0 Å². The molecule has 6 atom stereocenters. The average Bonchev–Trinajstić information content (AvgIpc) is 3.20. The predicted octanol–water partition coefficient (Wildman–Crippen LogP) is 3.84. The number of alkyl halides is 6. The highest BCUT2D eigenvalue weighted by atomic mass is 19.4. The van der Waals surface area contributed by atoms with E-state index in [0.29, 0.717) is 6.42 Å². The van der Waals surface area contributed by atoms with Crippen LogP contribution in [0.1, 0.15) is 40.0 Å². The minimum absolute atomic E-state index is 0.171.